The lowest BCUT2D eigenvalue weighted by atomic mass is 10.2. The molecule has 1 amide bonds. The minimum atomic E-state index is -0.0310. The molecule has 0 aliphatic heterocycles. The Morgan fingerprint density at radius 1 is 1.36 bits per heavy atom. The SMILES string of the molecule is Cc1ccnc(SCC(=O)N(C)C(C)c2nc(C)sc2C)n1. The Morgan fingerprint density at radius 3 is 2.68 bits per heavy atom. The normalized spacial score (nSPS) is 12.2. The van der Waals surface area contributed by atoms with Crippen molar-refractivity contribution in [2.45, 2.75) is 38.9 Å². The van der Waals surface area contributed by atoms with Gasteiger partial charge in [0.15, 0.2) is 5.16 Å². The van der Waals surface area contributed by atoms with Crippen LogP contribution in [0.25, 0.3) is 0 Å². The van der Waals surface area contributed by atoms with Crippen molar-refractivity contribution in [3.63, 3.8) is 0 Å². The Kier molecular flexibility index (Phi) is 5.52. The molecule has 0 fully saturated rings. The summed E-state index contributed by atoms with van der Waals surface area (Å²) in [7, 11) is 1.82. The Balaban J connectivity index is 1.98. The molecule has 7 heteroatoms. The Bertz CT molecular complexity index is 671. The van der Waals surface area contributed by atoms with E-state index in [1.165, 1.54) is 16.6 Å². The van der Waals surface area contributed by atoms with Gasteiger partial charge in [0.1, 0.15) is 0 Å². The number of rotatable bonds is 5. The van der Waals surface area contributed by atoms with Crippen molar-refractivity contribution in [3.8, 4) is 0 Å². The first kappa shape index (κ1) is 16.9. The van der Waals surface area contributed by atoms with Crippen LogP contribution in [0.3, 0.4) is 0 Å². The molecule has 118 valence electrons. The van der Waals surface area contributed by atoms with Crippen LogP contribution in [0.5, 0.6) is 0 Å². The number of carbonyl (C=O) groups is 1. The molecule has 0 radical (unpaired) electrons. The number of aryl methyl sites for hydroxylation is 3. The summed E-state index contributed by atoms with van der Waals surface area (Å²) >= 11 is 3.03. The molecule has 0 bridgehead atoms. The number of hydrogen-bond acceptors (Lipinski definition) is 6. The molecular formula is C15H20N4OS2. The van der Waals surface area contributed by atoms with Gasteiger partial charge in [0.2, 0.25) is 5.91 Å². The Labute approximate surface area is 139 Å². The van der Waals surface area contributed by atoms with E-state index >= 15 is 0 Å². The average Bonchev–Trinajstić information content (AvgIpc) is 2.82. The zero-order valence-corrected chi connectivity index (χ0v) is 15.1. The maximum Gasteiger partial charge on any atom is 0.233 e. The van der Waals surface area contributed by atoms with Crippen LogP contribution in [0, 0.1) is 20.8 Å². The monoisotopic (exact) mass is 336 g/mol. The number of hydrogen-bond donors (Lipinski definition) is 0. The van der Waals surface area contributed by atoms with Crippen LogP contribution < -0.4 is 0 Å². The van der Waals surface area contributed by atoms with Gasteiger partial charge in [0.05, 0.1) is 22.5 Å². The molecule has 1 atom stereocenters. The highest BCUT2D eigenvalue weighted by Gasteiger charge is 2.21. The lowest BCUT2D eigenvalue weighted by Crippen LogP contribution is -2.31. The van der Waals surface area contributed by atoms with E-state index in [9.17, 15) is 4.79 Å². The number of nitrogens with zero attached hydrogens (tertiary/aromatic N) is 4. The third-order valence-electron chi connectivity index (χ3n) is 3.41. The average molecular weight is 336 g/mol. The van der Waals surface area contributed by atoms with Gasteiger partial charge in [0.25, 0.3) is 0 Å². The van der Waals surface area contributed by atoms with Crippen LogP contribution in [-0.2, 0) is 4.79 Å². The summed E-state index contributed by atoms with van der Waals surface area (Å²) in [6.45, 7) is 7.95. The van der Waals surface area contributed by atoms with Gasteiger partial charge in [-0.1, -0.05) is 11.8 Å². The highest BCUT2D eigenvalue weighted by Crippen LogP contribution is 2.26. The van der Waals surface area contributed by atoms with Gasteiger partial charge >= 0.3 is 0 Å². The van der Waals surface area contributed by atoms with Crippen LogP contribution in [0.4, 0.5) is 0 Å². The van der Waals surface area contributed by atoms with Crippen LogP contribution >= 0.6 is 23.1 Å². The molecule has 0 spiro atoms. The molecule has 5 nitrogen and oxygen atoms in total. The van der Waals surface area contributed by atoms with E-state index in [4.69, 9.17) is 0 Å². The van der Waals surface area contributed by atoms with Crippen LogP contribution in [0.1, 0.15) is 34.2 Å². The number of aromatic nitrogens is 3. The predicted octanol–water partition coefficient (Wildman–Crippen LogP) is 3.17. The maximum absolute atomic E-state index is 12.4. The van der Waals surface area contributed by atoms with Gasteiger partial charge in [-0.15, -0.1) is 11.3 Å². The van der Waals surface area contributed by atoms with Crippen LogP contribution in [0.2, 0.25) is 0 Å². The molecule has 0 aromatic carbocycles. The second-order valence-corrected chi connectivity index (χ2v) is 7.47. The first-order chi connectivity index (χ1) is 10.4. The molecule has 2 rings (SSSR count). The van der Waals surface area contributed by atoms with E-state index in [2.05, 4.69) is 15.0 Å². The Morgan fingerprint density at radius 2 is 2.09 bits per heavy atom. The molecule has 0 saturated carbocycles. The topological polar surface area (TPSA) is 59.0 Å². The van der Waals surface area contributed by atoms with Gasteiger partial charge < -0.3 is 4.90 Å². The lowest BCUT2D eigenvalue weighted by molar-refractivity contribution is -0.129. The highest BCUT2D eigenvalue weighted by molar-refractivity contribution is 7.99. The first-order valence-electron chi connectivity index (χ1n) is 7.00. The molecule has 0 saturated heterocycles. The third-order valence-corrected chi connectivity index (χ3v) is 5.16. The molecular weight excluding hydrogens is 316 g/mol. The molecule has 2 aromatic heterocycles. The summed E-state index contributed by atoms with van der Waals surface area (Å²) in [6, 6.07) is 1.81. The second-order valence-electron chi connectivity index (χ2n) is 5.12. The Hall–Kier alpha value is -1.47. The van der Waals surface area contributed by atoms with Crippen molar-refractivity contribution in [1.29, 1.82) is 0 Å². The summed E-state index contributed by atoms with van der Waals surface area (Å²) in [5.41, 5.74) is 1.88. The minimum absolute atomic E-state index is 0.0310. The number of thioether (sulfide) groups is 1. The van der Waals surface area contributed by atoms with Crippen molar-refractivity contribution in [2.24, 2.45) is 0 Å². The molecule has 2 aromatic rings. The molecule has 1 unspecified atom stereocenters. The second kappa shape index (κ2) is 7.19. The van der Waals surface area contributed by atoms with E-state index in [0.29, 0.717) is 10.9 Å². The zero-order chi connectivity index (χ0) is 16.3. The highest BCUT2D eigenvalue weighted by atomic mass is 32.2. The van der Waals surface area contributed by atoms with Crippen molar-refractivity contribution < 1.29 is 4.79 Å². The van der Waals surface area contributed by atoms with Crippen molar-refractivity contribution in [2.75, 3.05) is 12.8 Å². The number of amides is 1. The fourth-order valence-corrected chi connectivity index (χ4v) is 3.76. The summed E-state index contributed by atoms with van der Waals surface area (Å²) < 4.78 is 0. The van der Waals surface area contributed by atoms with E-state index in [1.54, 1.807) is 22.4 Å². The number of thiazole rings is 1. The number of carbonyl (C=O) groups excluding carboxylic acids is 1. The summed E-state index contributed by atoms with van der Waals surface area (Å²) in [5.74, 6) is 0.375. The summed E-state index contributed by atoms with van der Waals surface area (Å²) in [5, 5.41) is 1.66. The third kappa shape index (κ3) is 4.04. The van der Waals surface area contributed by atoms with E-state index < -0.39 is 0 Å². The molecule has 22 heavy (non-hydrogen) atoms. The summed E-state index contributed by atoms with van der Waals surface area (Å²) in [4.78, 5) is 28.3. The zero-order valence-electron chi connectivity index (χ0n) is 13.5. The van der Waals surface area contributed by atoms with E-state index in [-0.39, 0.29) is 11.9 Å². The van der Waals surface area contributed by atoms with Gasteiger partial charge in [-0.05, 0) is 33.8 Å². The summed E-state index contributed by atoms with van der Waals surface area (Å²) in [6.07, 6.45) is 1.71. The standard InChI is InChI=1S/C15H20N4OS2/c1-9-6-7-16-15(17-9)21-8-13(20)19(5)10(2)14-11(3)22-12(4)18-14/h6-7,10H,8H2,1-5H3. The van der Waals surface area contributed by atoms with Crippen molar-refractivity contribution in [3.05, 3.63) is 33.5 Å². The van der Waals surface area contributed by atoms with Gasteiger partial charge in [-0.2, -0.15) is 0 Å². The van der Waals surface area contributed by atoms with Crippen molar-refractivity contribution in [1.82, 2.24) is 19.9 Å². The lowest BCUT2D eigenvalue weighted by Gasteiger charge is -2.24. The molecule has 0 N–H and O–H groups in total. The fourth-order valence-electron chi connectivity index (χ4n) is 2.06. The van der Waals surface area contributed by atoms with Gasteiger partial charge in [-0.3, -0.25) is 4.79 Å². The smallest absolute Gasteiger partial charge is 0.233 e. The van der Waals surface area contributed by atoms with Crippen LogP contribution in [0.15, 0.2) is 17.4 Å². The van der Waals surface area contributed by atoms with Gasteiger partial charge in [-0.25, -0.2) is 15.0 Å². The first-order valence-corrected chi connectivity index (χ1v) is 8.80. The van der Waals surface area contributed by atoms with Gasteiger partial charge in [0, 0.05) is 23.8 Å². The van der Waals surface area contributed by atoms with Crippen LogP contribution in [-0.4, -0.2) is 38.6 Å². The minimum Gasteiger partial charge on any atom is -0.337 e. The van der Waals surface area contributed by atoms with Crippen molar-refractivity contribution >= 4 is 29.0 Å². The molecule has 0 aliphatic carbocycles. The predicted molar refractivity (Wildman–Crippen MR) is 90.3 cm³/mol. The van der Waals surface area contributed by atoms with E-state index in [1.807, 2.05) is 40.8 Å². The quantitative estimate of drug-likeness (QED) is 0.620. The fraction of sp³-hybridized carbons (Fsp3) is 0.467. The molecule has 0 aliphatic rings. The molecule has 2 heterocycles. The largest absolute Gasteiger partial charge is 0.337 e. The van der Waals surface area contributed by atoms with E-state index in [0.717, 1.165) is 16.4 Å². The maximum atomic E-state index is 12.4.